The molecular weight excluding hydrogens is 290 g/mol. The van der Waals surface area contributed by atoms with Crippen molar-refractivity contribution in [2.75, 3.05) is 39.4 Å². The summed E-state index contributed by atoms with van der Waals surface area (Å²) in [5.41, 5.74) is 0.729. The average Bonchev–Trinajstić information content (AvgIpc) is 2.52. The summed E-state index contributed by atoms with van der Waals surface area (Å²) in [5, 5.41) is 5.47. The summed E-state index contributed by atoms with van der Waals surface area (Å²) in [6, 6.07) is 1.37. The van der Waals surface area contributed by atoms with Crippen LogP contribution >= 0.6 is 0 Å². The third-order valence-electron chi connectivity index (χ3n) is 3.10. The highest BCUT2D eigenvalue weighted by molar-refractivity contribution is 5.99. The van der Waals surface area contributed by atoms with Gasteiger partial charge >= 0.3 is 0 Å². The summed E-state index contributed by atoms with van der Waals surface area (Å²) in [4.78, 5) is 27.6. The lowest BCUT2D eigenvalue weighted by atomic mass is 10.2. The van der Waals surface area contributed by atoms with E-state index in [0.29, 0.717) is 36.8 Å². The SMILES string of the molecule is COCCC(COC)NC(=O)c1cnc2c(c1)NC(=O)CO2. The van der Waals surface area contributed by atoms with Crippen molar-refractivity contribution < 1.29 is 23.8 Å². The number of hydrogen-bond acceptors (Lipinski definition) is 6. The van der Waals surface area contributed by atoms with E-state index in [1.54, 1.807) is 14.2 Å². The quantitative estimate of drug-likeness (QED) is 0.746. The Kier molecular flexibility index (Phi) is 5.68. The maximum atomic E-state index is 12.3. The monoisotopic (exact) mass is 309 g/mol. The fourth-order valence-electron chi connectivity index (χ4n) is 2.03. The van der Waals surface area contributed by atoms with Gasteiger partial charge in [-0.15, -0.1) is 0 Å². The lowest BCUT2D eigenvalue weighted by molar-refractivity contribution is -0.118. The highest BCUT2D eigenvalue weighted by Gasteiger charge is 2.20. The molecule has 1 aromatic rings. The molecule has 1 unspecified atom stereocenters. The average molecular weight is 309 g/mol. The molecule has 0 saturated carbocycles. The van der Waals surface area contributed by atoms with Crippen molar-refractivity contribution in [3.63, 3.8) is 0 Å². The maximum Gasteiger partial charge on any atom is 0.262 e. The Morgan fingerprint density at radius 3 is 3.05 bits per heavy atom. The van der Waals surface area contributed by atoms with Crippen LogP contribution in [0.1, 0.15) is 16.8 Å². The first kappa shape index (κ1) is 16.2. The lowest BCUT2D eigenvalue weighted by Gasteiger charge is -2.19. The van der Waals surface area contributed by atoms with Crippen molar-refractivity contribution in [2.45, 2.75) is 12.5 Å². The zero-order chi connectivity index (χ0) is 15.9. The van der Waals surface area contributed by atoms with Gasteiger partial charge in [-0.1, -0.05) is 0 Å². The van der Waals surface area contributed by atoms with Crippen molar-refractivity contribution in [2.24, 2.45) is 0 Å². The number of amides is 2. The van der Waals surface area contributed by atoms with Crippen LogP contribution < -0.4 is 15.4 Å². The van der Waals surface area contributed by atoms with Gasteiger partial charge in [-0.25, -0.2) is 4.98 Å². The molecule has 1 aliphatic heterocycles. The van der Waals surface area contributed by atoms with E-state index in [2.05, 4.69) is 15.6 Å². The number of aromatic nitrogens is 1. The summed E-state index contributed by atoms with van der Waals surface area (Å²) < 4.78 is 15.2. The van der Waals surface area contributed by atoms with Gasteiger partial charge < -0.3 is 24.8 Å². The number of hydrogen-bond donors (Lipinski definition) is 2. The Bertz CT molecular complexity index is 549. The van der Waals surface area contributed by atoms with Crippen LogP contribution in [-0.2, 0) is 14.3 Å². The first-order valence-electron chi connectivity index (χ1n) is 6.85. The number of carbonyl (C=O) groups is 2. The largest absolute Gasteiger partial charge is 0.466 e. The van der Waals surface area contributed by atoms with E-state index >= 15 is 0 Å². The maximum absolute atomic E-state index is 12.3. The molecule has 1 aliphatic rings. The van der Waals surface area contributed by atoms with E-state index in [9.17, 15) is 9.59 Å². The fraction of sp³-hybridized carbons (Fsp3) is 0.500. The number of anilines is 1. The number of rotatable bonds is 7. The zero-order valence-corrected chi connectivity index (χ0v) is 12.5. The topological polar surface area (TPSA) is 98.8 Å². The van der Waals surface area contributed by atoms with E-state index in [0.717, 1.165) is 0 Å². The summed E-state index contributed by atoms with van der Waals surface area (Å²) in [6.07, 6.45) is 2.04. The molecule has 0 aliphatic carbocycles. The molecule has 8 nitrogen and oxygen atoms in total. The van der Waals surface area contributed by atoms with Crippen LogP contribution in [0, 0.1) is 0 Å². The number of nitrogens with one attached hydrogen (secondary N) is 2. The molecule has 2 amide bonds. The smallest absolute Gasteiger partial charge is 0.262 e. The first-order chi connectivity index (χ1) is 10.6. The summed E-state index contributed by atoms with van der Waals surface area (Å²) in [7, 11) is 3.17. The Morgan fingerprint density at radius 1 is 1.50 bits per heavy atom. The van der Waals surface area contributed by atoms with Gasteiger partial charge in [0.25, 0.3) is 11.8 Å². The van der Waals surface area contributed by atoms with Crippen LogP contribution in [0.5, 0.6) is 5.88 Å². The predicted octanol–water partition coefficient (Wildman–Crippen LogP) is 0.194. The molecule has 2 heterocycles. The van der Waals surface area contributed by atoms with Gasteiger partial charge in [0.1, 0.15) is 5.69 Å². The Hall–Kier alpha value is -2.19. The minimum absolute atomic E-state index is 0.0710. The van der Waals surface area contributed by atoms with E-state index in [1.165, 1.54) is 12.3 Å². The van der Waals surface area contributed by atoms with Crippen LogP contribution in [0.2, 0.25) is 0 Å². The molecule has 8 heteroatoms. The Balaban J connectivity index is 2.05. The van der Waals surface area contributed by atoms with Crippen molar-refractivity contribution in [1.29, 1.82) is 0 Å². The highest BCUT2D eigenvalue weighted by Crippen LogP contribution is 2.25. The number of ether oxygens (including phenoxy) is 3. The molecule has 0 fully saturated rings. The van der Waals surface area contributed by atoms with E-state index in [4.69, 9.17) is 14.2 Å². The van der Waals surface area contributed by atoms with Gasteiger partial charge in [0.05, 0.1) is 18.2 Å². The molecular formula is C14H19N3O5. The molecule has 2 rings (SSSR count). The van der Waals surface area contributed by atoms with E-state index in [-0.39, 0.29) is 24.5 Å². The van der Waals surface area contributed by atoms with Crippen molar-refractivity contribution in [3.05, 3.63) is 17.8 Å². The van der Waals surface area contributed by atoms with Crippen LogP contribution in [-0.4, -0.2) is 56.9 Å². The zero-order valence-electron chi connectivity index (χ0n) is 12.5. The van der Waals surface area contributed by atoms with Crippen LogP contribution in [0.3, 0.4) is 0 Å². The molecule has 1 atom stereocenters. The first-order valence-corrected chi connectivity index (χ1v) is 6.85. The summed E-state index contributed by atoms with van der Waals surface area (Å²) in [5.74, 6) is -0.263. The third-order valence-corrected chi connectivity index (χ3v) is 3.10. The van der Waals surface area contributed by atoms with Gasteiger partial charge in [-0.05, 0) is 12.5 Å². The Morgan fingerprint density at radius 2 is 2.32 bits per heavy atom. The van der Waals surface area contributed by atoms with Gasteiger partial charge in [0, 0.05) is 27.0 Å². The van der Waals surface area contributed by atoms with E-state index in [1.807, 2.05) is 0 Å². The van der Waals surface area contributed by atoms with Gasteiger partial charge in [-0.2, -0.15) is 0 Å². The molecule has 2 N–H and O–H groups in total. The second-order valence-electron chi connectivity index (χ2n) is 4.82. The highest BCUT2D eigenvalue weighted by atomic mass is 16.5. The normalized spacial score (nSPS) is 14.5. The molecule has 1 aromatic heterocycles. The second kappa shape index (κ2) is 7.71. The number of pyridine rings is 1. The minimum atomic E-state index is -0.298. The summed E-state index contributed by atoms with van der Waals surface area (Å²) >= 11 is 0. The van der Waals surface area contributed by atoms with Gasteiger partial charge in [-0.3, -0.25) is 9.59 Å². The molecule has 0 bridgehead atoms. The molecule has 0 radical (unpaired) electrons. The predicted molar refractivity (Wildman–Crippen MR) is 78.0 cm³/mol. The lowest BCUT2D eigenvalue weighted by Crippen LogP contribution is -2.39. The van der Waals surface area contributed by atoms with Crippen LogP contribution in [0.25, 0.3) is 0 Å². The number of methoxy groups -OCH3 is 2. The number of nitrogens with zero attached hydrogens (tertiary/aromatic N) is 1. The summed E-state index contributed by atoms with van der Waals surface area (Å²) in [6.45, 7) is 0.826. The van der Waals surface area contributed by atoms with Crippen LogP contribution in [0.4, 0.5) is 5.69 Å². The second-order valence-corrected chi connectivity index (χ2v) is 4.82. The number of carbonyl (C=O) groups excluding carboxylic acids is 2. The number of fused-ring (bicyclic) bond motifs is 1. The standard InChI is InChI=1S/C14H19N3O5/c1-20-4-3-10(7-21-2)16-13(19)9-5-11-14(15-6-9)22-8-12(18)17-11/h5-6,10H,3-4,7-8H2,1-2H3,(H,16,19)(H,17,18). The van der Waals surface area contributed by atoms with Crippen molar-refractivity contribution >= 4 is 17.5 Å². The van der Waals surface area contributed by atoms with Crippen LogP contribution in [0.15, 0.2) is 12.3 Å². The molecule has 0 spiro atoms. The van der Waals surface area contributed by atoms with Crippen molar-refractivity contribution in [1.82, 2.24) is 10.3 Å². The molecule has 0 aromatic carbocycles. The molecule has 0 saturated heterocycles. The van der Waals surface area contributed by atoms with Gasteiger partial charge in [0.15, 0.2) is 6.61 Å². The van der Waals surface area contributed by atoms with Crippen molar-refractivity contribution in [3.8, 4) is 5.88 Å². The van der Waals surface area contributed by atoms with E-state index < -0.39 is 0 Å². The minimum Gasteiger partial charge on any atom is -0.466 e. The molecule has 22 heavy (non-hydrogen) atoms. The Labute approximate surface area is 128 Å². The van der Waals surface area contributed by atoms with Gasteiger partial charge in [0.2, 0.25) is 5.88 Å². The fourth-order valence-corrected chi connectivity index (χ4v) is 2.03. The molecule has 120 valence electrons. The third kappa shape index (κ3) is 4.15.